The van der Waals surface area contributed by atoms with Crippen molar-refractivity contribution in [1.82, 2.24) is 16.0 Å². The topological polar surface area (TPSA) is 62.4 Å². The summed E-state index contributed by atoms with van der Waals surface area (Å²) in [5.74, 6) is 0. The van der Waals surface area contributed by atoms with E-state index in [0.29, 0.717) is 19.2 Å². The molecule has 1 heterocycles. The summed E-state index contributed by atoms with van der Waals surface area (Å²) >= 11 is 0. The van der Waals surface area contributed by atoms with Crippen LogP contribution in [0.3, 0.4) is 0 Å². The molecule has 0 aromatic rings. The number of carbonyl (C=O) groups excluding carboxylic acids is 1. The average molecular weight is 255 g/mol. The summed E-state index contributed by atoms with van der Waals surface area (Å²) in [4.78, 5) is 11.8. The molecule has 0 bridgehead atoms. The highest BCUT2D eigenvalue weighted by atomic mass is 16.5. The molecular formula is C13H25N3O2. The predicted molar refractivity (Wildman–Crippen MR) is 70.6 cm³/mol. The molecule has 1 unspecified atom stereocenters. The minimum atomic E-state index is -0.0677. The summed E-state index contributed by atoms with van der Waals surface area (Å²) in [5, 5.41) is 9.48. The van der Waals surface area contributed by atoms with Gasteiger partial charge in [0.05, 0.1) is 12.1 Å². The van der Waals surface area contributed by atoms with Crippen molar-refractivity contribution in [3.8, 4) is 0 Å². The van der Waals surface area contributed by atoms with Crippen molar-refractivity contribution in [2.75, 3.05) is 26.8 Å². The van der Waals surface area contributed by atoms with Gasteiger partial charge < -0.3 is 20.7 Å². The number of hydrogen-bond donors (Lipinski definition) is 3. The Labute approximate surface area is 109 Å². The van der Waals surface area contributed by atoms with Crippen LogP contribution in [-0.2, 0) is 4.74 Å². The molecule has 0 aromatic heterocycles. The monoisotopic (exact) mass is 255 g/mol. The lowest BCUT2D eigenvalue weighted by Crippen LogP contribution is -2.55. The molecular weight excluding hydrogens is 230 g/mol. The van der Waals surface area contributed by atoms with Gasteiger partial charge in [-0.15, -0.1) is 0 Å². The molecule has 1 aliphatic carbocycles. The number of hydrogen-bond acceptors (Lipinski definition) is 3. The van der Waals surface area contributed by atoms with E-state index in [2.05, 4.69) is 16.0 Å². The Morgan fingerprint density at radius 3 is 2.78 bits per heavy atom. The molecule has 2 amide bonds. The normalized spacial score (nSPS) is 28.5. The van der Waals surface area contributed by atoms with Gasteiger partial charge in [0, 0.05) is 19.7 Å². The molecule has 5 nitrogen and oxygen atoms in total. The van der Waals surface area contributed by atoms with Crippen LogP contribution in [0.2, 0.25) is 0 Å². The minimum Gasteiger partial charge on any atom is -0.383 e. The molecule has 1 saturated heterocycles. The number of carbonyl (C=O) groups is 1. The van der Waals surface area contributed by atoms with Crippen molar-refractivity contribution in [2.24, 2.45) is 0 Å². The van der Waals surface area contributed by atoms with E-state index in [1.807, 2.05) is 0 Å². The molecule has 2 aliphatic rings. The highest BCUT2D eigenvalue weighted by molar-refractivity contribution is 5.74. The quantitative estimate of drug-likeness (QED) is 0.686. The number of amides is 2. The zero-order chi connectivity index (χ0) is 12.8. The van der Waals surface area contributed by atoms with Crippen LogP contribution in [0.25, 0.3) is 0 Å². The van der Waals surface area contributed by atoms with E-state index in [1.54, 1.807) is 7.11 Å². The Morgan fingerprint density at radius 2 is 2.17 bits per heavy atom. The maximum absolute atomic E-state index is 11.8. The molecule has 0 spiro atoms. The molecule has 18 heavy (non-hydrogen) atoms. The third-order valence-electron chi connectivity index (χ3n) is 4.03. The van der Waals surface area contributed by atoms with Crippen LogP contribution >= 0.6 is 0 Å². The van der Waals surface area contributed by atoms with Crippen molar-refractivity contribution in [2.45, 2.75) is 50.1 Å². The van der Waals surface area contributed by atoms with Gasteiger partial charge >= 0.3 is 6.03 Å². The van der Waals surface area contributed by atoms with Gasteiger partial charge in [-0.1, -0.05) is 12.8 Å². The summed E-state index contributed by atoms with van der Waals surface area (Å²) in [7, 11) is 1.71. The average Bonchev–Trinajstić information content (AvgIpc) is 2.99. The Balaban J connectivity index is 1.73. The van der Waals surface area contributed by atoms with Gasteiger partial charge in [0.2, 0.25) is 0 Å². The lowest BCUT2D eigenvalue weighted by Gasteiger charge is -2.29. The van der Waals surface area contributed by atoms with Gasteiger partial charge in [-0.25, -0.2) is 4.79 Å². The first-order chi connectivity index (χ1) is 8.74. The van der Waals surface area contributed by atoms with Crippen LogP contribution in [0.5, 0.6) is 0 Å². The van der Waals surface area contributed by atoms with E-state index in [4.69, 9.17) is 4.74 Å². The van der Waals surface area contributed by atoms with Crippen LogP contribution in [0.15, 0.2) is 0 Å². The van der Waals surface area contributed by atoms with E-state index in [0.717, 1.165) is 32.2 Å². The summed E-state index contributed by atoms with van der Waals surface area (Å²) in [6.07, 6.45) is 6.92. The molecule has 1 saturated carbocycles. The first kappa shape index (κ1) is 13.6. The van der Waals surface area contributed by atoms with Gasteiger partial charge in [-0.2, -0.15) is 0 Å². The highest BCUT2D eigenvalue weighted by Gasteiger charge is 2.33. The summed E-state index contributed by atoms with van der Waals surface area (Å²) in [6, 6.07) is 0.339. The molecule has 104 valence electrons. The van der Waals surface area contributed by atoms with Gasteiger partial charge in [0.1, 0.15) is 0 Å². The molecule has 3 N–H and O–H groups in total. The van der Waals surface area contributed by atoms with E-state index in [1.165, 1.54) is 12.8 Å². The van der Waals surface area contributed by atoms with E-state index in [-0.39, 0.29) is 11.6 Å². The molecule has 1 aliphatic heterocycles. The maximum Gasteiger partial charge on any atom is 0.315 e. The highest BCUT2D eigenvalue weighted by Crippen LogP contribution is 2.19. The van der Waals surface area contributed by atoms with Gasteiger partial charge in [-0.05, 0) is 32.2 Å². The smallest absolute Gasteiger partial charge is 0.315 e. The fourth-order valence-electron chi connectivity index (χ4n) is 3.03. The third-order valence-corrected chi connectivity index (χ3v) is 4.03. The summed E-state index contributed by atoms with van der Waals surface area (Å²) in [5.41, 5.74) is -0.0677. The zero-order valence-corrected chi connectivity index (χ0v) is 11.3. The zero-order valence-electron chi connectivity index (χ0n) is 11.3. The second-order valence-electron chi connectivity index (χ2n) is 5.55. The summed E-state index contributed by atoms with van der Waals surface area (Å²) < 4.78 is 5.26. The fourth-order valence-corrected chi connectivity index (χ4v) is 3.03. The molecule has 5 heteroatoms. The van der Waals surface area contributed by atoms with Crippen LogP contribution in [-0.4, -0.2) is 44.4 Å². The third kappa shape index (κ3) is 3.59. The number of ether oxygens (including phenoxy) is 1. The van der Waals surface area contributed by atoms with E-state index >= 15 is 0 Å². The number of methoxy groups -OCH3 is 1. The van der Waals surface area contributed by atoms with Crippen molar-refractivity contribution in [3.05, 3.63) is 0 Å². The van der Waals surface area contributed by atoms with Crippen molar-refractivity contribution in [3.63, 3.8) is 0 Å². The Bertz CT molecular complexity index is 271. The van der Waals surface area contributed by atoms with Crippen LogP contribution in [0.4, 0.5) is 4.79 Å². The SMILES string of the molecule is COCC1(CNC(=O)NC2CCCC2)CCCN1. The van der Waals surface area contributed by atoms with Gasteiger partial charge in [0.15, 0.2) is 0 Å². The Morgan fingerprint density at radius 1 is 1.39 bits per heavy atom. The van der Waals surface area contributed by atoms with Crippen molar-refractivity contribution >= 4 is 6.03 Å². The molecule has 0 radical (unpaired) electrons. The summed E-state index contributed by atoms with van der Waals surface area (Å²) in [6.45, 7) is 2.30. The standard InChI is InChI=1S/C13H25N3O2/c1-18-10-13(7-4-8-15-13)9-14-12(17)16-11-5-2-3-6-11/h11,15H,2-10H2,1H3,(H2,14,16,17). The molecule has 1 atom stereocenters. The van der Waals surface area contributed by atoms with Crippen molar-refractivity contribution in [1.29, 1.82) is 0 Å². The maximum atomic E-state index is 11.8. The second kappa shape index (κ2) is 6.38. The van der Waals surface area contributed by atoms with E-state index < -0.39 is 0 Å². The molecule has 0 aromatic carbocycles. The Kier molecular flexibility index (Phi) is 4.83. The van der Waals surface area contributed by atoms with Crippen LogP contribution in [0.1, 0.15) is 38.5 Å². The van der Waals surface area contributed by atoms with Crippen molar-refractivity contribution < 1.29 is 9.53 Å². The first-order valence-corrected chi connectivity index (χ1v) is 7.02. The largest absolute Gasteiger partial charge is 0.383 e. The fraction of sp³-hybridized carbons (Fsp3) is 0.923. The van der Waals surface area contributed by atoms with Crippen LogP contribution < -0.4 is 16.0 Å². The second-order valence-corrected chi connectivity index (χ2v) is 5.55. The van der Waals surface area contributed by atoms with Gasteiger partial charge in [-0.3, -0.25) is 0 Å². The Hall–Kier alpha value is -0.810. The van der Waals surface area contributed by atoms with Crippen LogP contribution in [0, 0.1) is 0 Å². The van der Waals surface area contributed by atoms with E-state index in [9.17, 15) is 4.79 Å². The predicted octanol–water partition coefficient (Wildman–Crippen LogP) is 0.997. The lowest BCUT2D eigenvalue weighted by molar-refractivity contribution is 0.120. The lowest BCUT2D eigenvalue weighted by atomic mass is 9.99. The minimum absolute atomic E-state index is 0.0360. The molecule has 2 fully saturated rings. The number of rotatable bonds is 5. The van der Waals surface area contributed by atoms with Gasteiger partial charge in [0.25, 0.3) is 0 Å². The number of urea groups is 1. The first-order valence-electron chi connectivity index (χ1n) is 7.02. The molecule has 2 rings (SSSR count). The number of nitrogens with one attached hydrogen (secondary N) is 3.